The Morgan fingerprint density at radius 1 is 1.05 bits per heavy atom. The molecule has 0 fully saturated rings. The van der Waals surface area contributed by atoms with Crippen molar-refractivity contribution in [1.29, 1.82) is 0 Å². The highest BCUT2D eigenvalue weighted by Gasteiger charge is 2.24. The molecule has 0 aliphatic carbocycles. The topological polar surface area (TPSA) is 16.1 Å². The Morgan fingerprint density at radius 3 is 2.90 bits per heavy atom. The van der Waals surface area contributed by atoms with Crippen LogP contribution in [0.2, 0.25) is 0 Å². The molecule has 0 saturated heterocycles. The molecule has 0 unspecified atom stereocenters. The van der Waals surface area contributed by atoms with Gasteiger partial charge in [0.05, 0.1) is 0 Å². The first kappa shape index (κ1) is 12.5. The second kappa shape index (κ2) is 4.97. The second-order valence-corrected chi connectivity index (χ2v) is 5.93. The number of aromatic nitrogens is 1. The van der Waals surface area contributed by atoms with Crippen LogP contribution in [-0.4, -0.2) is 23.5 Å². The maximum atomic E-state index is 4.19. The van der Waals surface area contributed by atoms with Crippen molar-refractivity contribution >= 4 is 10.8 Å². The fraction of sp³-hybridized carbons (Fsp3) is 0.211. The van der Waals surface area contributed by atoms with Gasteiger partial charge in [-0.25, -0.2) is 0 Å². The first-order valence-corrected chi connectivity index (χ1v) is 7.41. The summed E-state index contributed by atoms with van der Waals surface area (Å²) in [5, 5.41) is 2.48. The number of nitrogens with zero attached hydrogens (tertiary/aromatic N) is 2. The number of fused-ring (bicyclic) bond motifs is 2. The van der Waals surface area contributed by atoms with Crippen LogP contribution in [-0.2, 0) is 6.54 Å². The molecule has 0 bridgehead atoms. The Bertz CT molecular complexity index is 794. The summed E-state index contributed by atoms with van der Waals surface area (Å²) >= 11 is 0. The SMILES string of the molecule is CN1Cc2ccccc2[C@H](c2ccc3cnccc3c2)C1. The maximum absolute atomic E-state index is 4.19. The zero-order chi connectivity index (χ0) is 14.2. The summed E-state index contributed by atoms with van der Waals surface area (Å²) < 4.78 is 0. The molecule has 2 heterocycles. The van der Waals surface area contributed by atoms with E-state index in [1.165, 1.54) is 27.5 Å². The third-order valence-electron chi connectivity index (χ3n) is 4.43. The third-order valence-corrected chi connectivity index (χ3v) is 4.43. The normalized spacial score (nSPS) is 18.6. The molecule has 2 nitrogen and oxygen atoms in total. The van der Waals surface area contributed by atoms with Gasteiger partial charge in [-0.15, -0.1) is 0 Å². The number of rotatable bonds is 1. The minimum Gasteiger partial charge on any atom is -0.301 e. The first-order valence-electron chi connectivity index (χ1n) is 7.41. The van der Waals surface area contributed by atoms with Crippen LogP contribution in [0, 0.1) is 0 Å². The monoisotopic (exact) mass is 274 g/mol. The lowest BCUT2D eigenvalue weighted by molar-refractivity contribution is 0.295. The molecule has 0 radical (unpaired) electrons. The quantitative estimate of drug-likeness (QED) is 0.671. The van der Waals surface area contributed by atoms with E-state index in [0.717, 1.165) is 13.1 Å². The number of hydrogen-bond donors (Lipinski definition) is 0. The highest BCUT2D eigenvalue weighted by molar-refractivity contribution is 5.82. The lowest BCUT2D eigenvalue weighted by atomic mass is 9.84. The molecule has 0 N–H and O–H groups in total. The summed E-state index contributed by atoms with van der Waals surface area (Å²) in [5.41, 5.74) is 4.32. The Hall–Kier alpha value is -2.19. The van der Waals surface area contributed by atoms with Gasteiger partial charge < -0.3 is 4.90 Å². The van der Waals surface area contributed by atoms with Crippen LogP contribution in [0.5, 0.6) is 0 Å². The number of likely N-dealkylation sites (N-methyl/N-ethyl adjacent to an activating group) is 1. The van der Waals surface area contributed by atoms with Gasteiger partial charge in [0, 0.05) is 36.8 Å². The molecule has 1 aliphatic rings. The van der Waals surface area contributed by atoms with Crippen molar-refractivity contribution < 1.29 is 0 Å². The lowest BCUT2D eigenvalue weighted by Crippen LogP contribution is -2.30. The van der Waals surface area contributed by atoms with Crippen molar-refractivity contribution in [1.82, 2.24) is 9.88 Å². The Labute approximate surface area is 125 Å². The highest BCUT2D eigenvalue weighted by atomic mass is 15.1. The van der Waals surface area contributed by atoms with E-state index in [1.54, 1.807) is 0 Å². The summed E-state index contributed by atoms with van der Waals surface area (Å²) in [4.78, 5) is 6.60. The van der Waals surface area contributed by atoms with Gasteiger partial charge in [-0.1, -0.05) is 42.5 Å². The Kier molecular flexibility index (Phi) is 2.97. The summed E-state index contributed by atoms with van der Waals surface area (Å²) in [7, 11) is 2.20. The van der Waals surface area contributed by atoms with Crippen molar-refractivity contribution in [3.05, 3.63) is 77.6 Å². The van der Waals surface area contributed by atoms with E-state index in [4.69, 9.17) is 0 Å². The van der Waals surface area contributed by atoms with Gasteiger partial charge in [-0.2, -0.15) is 0 Å². The van der Waals surface area contributed by atoms with Gasteiger partial charge in [-0.05, 0) is 35.2 Å². The molecule has 2 heteroatoms. The van der Waals surface area contributed by atoms with E-state index >= 15 is 0 Å². The van der Waals surface area contributed by atoms with Gasteiger partial charge in [0.2, 0.25) is 0 Å². The van der Waals surface area contributed by atoms with Crippen molar-refractivity contribution in [3.8, 4) is 0 Å². The minimum atomic E-state index is 0.456. The third kappa shape index (κ3) is 2.22. The summed E-state index contributed by atoms with van der Waals surface area (Å²) in [5.74, 6) is 0.456. The average molecular weight is 274 g/mol. The van der Waals surface area contributed by atoms with Gasteiger partial charge >= 0.3 is 0 Å². The zero-order valence-electron chi connectivity index (χ0n) is 12.2. The van der Waals surface area contributed by atoms with Gasteiger partial charge in [-0.3, -0.25) is 4.98 Å². The molecule has 21 heavy (non-hydrogen) atoms. The molecule has 104 valence electrons. The molecule has 1 atom stereocenters. The van der Waals surface area contributed by atoms with E-state index in [1.807, 2.05) is 12.4 Å². The summed E-state index contributed by atoms with van der Waals surface area (Å²) in [6.07, 6.45) is 3.80. The van der Waals surface area contributed by atoms with Crippen LogP contribution in [0.15, 0.2) is 60.9 Å². The first-order chi connectivity index (χ1) is 10.3. The number of hydrogen-bond acceptors (Lipinski definition) is 2. The molecule has 3 aromatic rings. The average Bonchev–Trinajstić information content (AvgIpc) is 2.53. The number of pyridine rings is 1. The highest BCUT2D eigenvalue weighted by Crippen LogP contribution is 2.33. The van der Waals surface area contributed by atoms with Crippen LogP contribution in [0.3, 0.4) is 0 Å². The van der Waals surface area contributed by atoms with E-state index in [9.17, 15) is 0 Å². The van der Waals surface area contributed by atoms with Gasteiger partial charge in [0.25, 0.3) is 0 Å². The summed E-state index contributed by atoms with van der Waals surface area (Å²) in [6, 6.07) is 17.7. The van der Waals surface area contributed by atoms with Gasteiger partial charge in [0.15, 0.2) is 0 Å². The second-order valence-electron chi connectivity index (χ2n) is 5.93. The van der Waals surface area contributed by atoms with Crippen molar-refractivity contribution in [3.63, 3.8) is 0 Å². The van der Waals surface area contributed by atoms with E-state index in [2.05, 4.69) is 65.5 Å². The van der Waals surface area contributed by atoms with E-state index in [-0.39, 0.29) is 0 Å². The van der Waals surface area contributed by atoms with Crippen LogP contribution < -0.4 is 0 Å². The van der Waals surface area contributed by atoms with Gasteiger partial charge in [0.1, 0.15) is 0 Å². The minimum absolute atomic E-state index is 0.456. The molecule has 2 aromatic carbocycles. The predicted octanol–water partition coefficient (Wildman–Crippen LogP) is 3.81. The predicted molar refractivity (Wildman–Crippen MR) is 86.4 cm³/mol. The van der Waals surface area contributed by atoms with Crippen LogP contribution in [0.25, 0.3) is 10.8 Å². The molecule has 1 aromatic heterocycles. The van der Waals surface area contributed by atoms with Crippen LogP contribution in [0.1, 0.15) is 22.6 Å². The number of benzene rings is 2. The Balaban J connectivity index is 1.84. The van der Waals surface area contributed by atoms with Crippen LogP contribution in [0.4, 0.5) is 0 Å². The largest absolute Gasteiger partial charge is 0.301 e. The molecule has 0 spiro atoms. The fourth-order valence-electron chi connectivity index (χ4n) is 3.39. The van der Waals surface area contributed by atoms with Crippen molar-refractivity contribution in [2.75, 3.05) is 13.6 Å². The van der Waals surface area contributed by atoms with Crippen molar-refractivity contribution in [2.45, 2.75) is 12.5 Å². The van der Waals surface area contributed by atoms with Crippen LogP contribution >= 0.6 is 0 Å². The fourth-order valence-corrected chi connectivity index (χ4v) is 3.39. The molecule has 1 aliphatic heterocycles. The van der Waals surface area contributed by atoms with E-state index in [0.29, 0.717) is 5.92 Å². The molecule has 4 rings (SSSR count). The molecule has 0 saturated carbocycles. The van der Waals surface area contributed by atoms with E-state index < -0.39 is 0 Å². The summed E-state index contributed by atoms with van der Waals surface area (Å²) in [6.45, 7) is 2.12. The smallest absolute Gasteiger partial charge is 0.0346 e. The Morgan fingerprint density at radius 2 is 1.95 bits per heavy atom. The standard InChI is InChI=1S/C19H18N2/c1-21-12-17-4-2-3-5-18(17)19(13-21)15-6-7-16-11-20-9-8-14(16)10-15/h2-11,19H,12-13H2,1H3/t19-/m0/s1. The molecular weight excluding hydrogens is 256 g/mol. The molecular formula is C19H18N2. The lowest BCUT2D eigenvalue weighted by Gasteiger charge is -2.32. The maximum Gasteiger partial charge on any atom is 0.0346 e. The zero-order valence-corrected chi connectivity index (χ0v) is 12.2. The molecule has 0 amide bonds. The van der Waals surface area contributed by atoms with Crippen molar-refractivity contribution in [2.24, 2.45) is 0 Å².